The third kappa shape index (κ3) is 1.09. The summed E-state index contributed by atoms with van der Waals surface area (Å²) in [5.41, 5.74) is 4.21. The second-order valence-corrected chi connectivity index (χ2v) is 7.55. The summed E-state index contributed by atoms with van der Waals surface area (Å²) in [4.78, 5) is 0. The van der Waals surface area contributed by atoms with Crippen molar-refractivity contribution in [3.63, 3.8) is 0 Å². The van der Waals surface area contributed by atoms with Gasteiger partial charge in [0.2, 0.25) is 0 Å². The standard InChI is InChI=1S/C22H22/c1-20-15-9-8-14-19-16-21(20,17-10-4-2-5-11-17)22(19,20)18-12-6-3-7-13-18/h2-8,10-14,19H,9,15-16H2,1H3. The van der Waals surface area contributed by atoms with E-state index in [1.807, 2.05) is 0 Å². The van der Waals surface area contributed by atoms with Crippen molar-refractivity contribution < 1.29 is 0 Å². The van der Waals surface area contributed by atoms with Crippen LogP contribution in [0.15, 0.2) is 72.8 Å². The van der Waals surface area contributed by atoms with Gasteiger partial charge in [-0.2, -0.15) is 0 Å². The average Bonchev–Trinajstić information content (AvgIpc) is 2.97. The Bertz CT molecular complexity index is 744. The van der Waals surface area contributed by atoms with Crippen LogP contribution in [0.2, 0.25) is 0 Å². The van der Waals surface area contributed by atoms with E-state index in [9.17, 15) is 0 Å². The van der Waals surface area contributed by atoms with Crippen molar-refractivity contribution in [1.82, 2.24) is 0 Å². The van der Waals surface area contributed by atoms with Gasteiger partial charge in [0, 0.05) is 10.8 Å². The number of rotatable bonds is 2. The van der Waals surface area contributed by atoms with E-state index in [0.717, 1.165) is 0 Å². The second kappa shape index (κ2) is 3.93. The van der Waals surface area contributed by atoms with Gasteiger partial charge in [0.1, 0.15) is 0 Å². The summed E-state index contributed by atoms with van der Waals surface area (Å²) in [5, 5.41) is 0. The van der Waals surface area contributed by atoms with Crippen LogP contribution in [0.5, 0.6) is 0 Å². The lowest BCUT2D eigenvalue weighted by molar-refractivity contribution is 0.254. The third-order valence-electron chi connectivity index (χ3n) is 7.18. The topological polar surface area (TPSA) is 0 Å². The number of hydrogen-bond donors (Lipinski definition) is 0. The molecule has 5 rings (SSSR count). The van der Waals surface area contributed by atoms with Crippen LogP contribution in [0.4, 0.5) is 0 Å². The van der Waals surface area contributed by atoms with Crippen LogP contribution in [-0.4, -0.2) is 0 Å². The van der Waals surface area contributed by atoms with Crippen molar-refractivity contribution in [2.75, 3.05) is 0 Å². The normalized spacial score (nSPS) is 41.2. The second-order valence-electron chi connectivity index (χ2n) is 7.55. The molecule has 3 aliphatic carbocycles. The first-order valence-corrected chi connectivity index (χ1v) is 8.55. The SMILES string of the molecule is CC12CCC=CC3CC1(c1ccccc1)C32c1ccccc1. The molecule has 2 aromatic rings. The fourth-order valence-corrected chi connectivity index (χ4v) is 6.49. The molecular weight excluding hydrogens is 264 g/mol. The molecule has 0 saturated heterocycles. The van der Waals surface area contributed by atoms with Crippen LogP contribution >= 0.6 is 0 Å². The molecule has 0 aliphatic heterocycles. The molecule has 0 heterocycles. The number of hydrogen-bond acceptors (Lipinski definition) is 0. The fourth-order valence-electron chi connectivity index (χ4n) is 6.49. The predicted molar refractivity (Wildman–Crippen MR) is 90.8 cm³/mol. The minimum atomic E-state index is 0.329. The monoisotopic (exact) mass is 286 g/mol. The molecular formula is C22H22. The summed E-state index contributed by atoms with van der Waals surface area (Å²) in [6.45, 7) is 2.56. The zero-order chi connectivity index (χ0) is 14.8. The Kier molecular flexibility index (Phi) is 2.27. The van der Waals surface area contributed by atoms with Gasteiger partial charge in [0.15, 0.2) is 0 Å². The maximum Gasteiger partial charge on any atom is 0.0181 e. The van der Waals surface area contributed by atoms with Crippen molar-refractivity contribution in [1.29, 1.82) is 0 Å². The minimum Gasteiger partial charge on any atom is -0.0882 e. The minimum absolute atomic E-state index is 0.329. The predicted octanol–water partition coefficient (Wildman–Crippen LogP) is 5.25. The van der Waals surface area contributed by atoms with Gasteiger partial charge in [-0.3, -0.25) is 0 Å². The summed E-state index contributed by atoms with van der Waals surface area (Å²) in [7, 11) is 0. The van der Waals surface area contributed by atoms with Gasteiger partial charge in [0.05, 0.1) is 0 Å². The van der Waals surface area contributed by atoms with Gasteiger partial charge >= 0.3 is 0 Å². The van der Waals surface area contributed by atoms with Crippen molar-refractivity contribution >= 4 is 0 Å². The van der Waals surface area contributed by atoms with E-state index < -0.39 is 0 Å². The Morgan fingerprint density at radius 2 is 1.50 bits per heavy atom. The fraction of sp³-hybridized carbons (Fsp3) is 0.364. The van der Waals surface area contributed by atoms with E-state index in [1.54, 1.807) is 11.1 Å². The molecule has 0 radical (unpaired) electrons. The molecule has 0 amide bonds. The van der Waals surface area contributed by atoms with Crippen molar-refractivity contribution in [3.05, 3.63) is 83.9 Å². The summed E-state index contributed by atoms with van der Waals surface area (Å²) in [5.74, 6) is 0.711. The van der Waals surface area contributed by atoms with Gasteiger partial charge in [-0.15, -0.1) is 0 Å². The molecule has 110 valence electrons. The van der Waals surface area contributed by atoms with E-state index in [-0.39, 0.29) is 0 Å². The van der Waals surface area contributed by atoms with Crippen LogP contribution in [0, 0.1) is 11.3 Å². The number of benzene rings is 2. The summed E-state index contributed by atoms with van der Waals surface area (Å²) in [6, 6.07) is 22.6. The van der Waals surface area contributed by atoms with Crippen molar-refractivity contribution in [2.45, 2.75) is 37.0 Å². The highest BCUT2D eigenvalue weighted by Crippen LogP contribution is 2.92. The molecule has 3 aliphatic rings. The van der Waals surface area contributed by atoms with Crippen LogP contribution in [0.25, 0.3) is 0 Å². The van der Waals surface area contributed by atoms with Crippen molar-refractivity contribution in [2.24, 2.45) is 11.3 Å². The summed E-state index contributed by atoms with van der Waals surface area (Å²) in [6.07, 6.45) is 8.81. The maximum atomic E-state index is 2.56. The molecule has 2 fully saturated rings. The lowest BCUT2D eigenvalue weighted by Gasteiger charge is -2.43. The zero-order valence-electron chi connectivity index (χ0n) is 13.1. The molecule has 0 heteroatoms. The summed E-state index contributed by atoms with van der Waals surface area (Å²) < 4.78 is 0. The molecule has 2 aromatic carbocycles. The molecule has 0 spiro atoms. The lowest BCUT2D eigenvalue weighted by atomic mass is 9.59. The zero-order valence-corrected chi connectivity index (χ0v) is 13.1. The molecule has 4 unspecified atom stereocenters. The molecule has 22 heavy (non-hydrogen) atoms. The molecule has 2 saturated carbocycles. The summed E-state index contributed by atoms with van der Waals surface area (Å²) >= 11 is 0. The third-order valence-corrected chi connectivity index (χ3v) is 7.18. The van der Waals surface area contributed by atoms with E-state index in [4.69, 9.17) is 0 Å². The Morgan fingerprint density at radius 1 is 0.864 bits per heavy atom. The Balaban J connectivity index is 1.76. The van der Waals surface area contributed by atoms with E-state index in [2.05, 4.69) is 79.7 Å². The van der Waals surface area contributed by atoms with Crippen LogP contribution in [0.3, 0.4) is 0 Å². The first kappa shape index (κ1) is 12.7. The van der Waals surface area contributed by atoms with Crippen molar-refractivity contribution in [3.8, 4) is 0 Å². The van der Waals surface area contributed by atoms with Gasteiger partial charge in [-0.1, -0.05) is 79.7 Å². The largest absolute Gasteiger partial charge is 0.0882 e. The number of fused-ring (bicyclic) bond motifs is 1. The highest BCUT2D eigenvalue weighted by Gasteiger charge is 2.92. The average molecular weight is 286 g/mol. The van der Waals surface area contributed by atoms with Gasteiger partial charge in [-0.25, -0.2) is 0 Å². The van der Waals surface area contributed by atoms with E-state index in [0.29, 0.717) is 22.2 Å². The molecule has 0 N–H and O–H groups in total. The smallest absolute Gasteiger partial charge is 0.0181 e. The highest BCUT2D eigenvalue weighted by molar-refractivity contribution is 5.64. The van der Waals surface area contributed by atoms with Gasteiger partial charge in [-0.05, 0) is 41.7 Å². The molecule has 0 aromatic heterocycles. The quantitative estimate of drug-likeness (QED) is 0.661. The molecule has 0 nitrogen and oxygen atoms in total. The maximum absolute atomic E-state index is 2.56. The van der Waals surface area contributed by atoms with E-state index in [1.165, 1.54) is 19.3 Å². The highest BCUT2D eigenvalue weighted by atomic mass is 14.9. The first-order valence-electron chi connectivity index (χ1n) is 8.55. The Labute approximate surface area is 132 Å². The van der Waals surface area contributed by atoms with E-state index >= 15 is 0 Å². The Morgan fingerprint density at radius 3 is 2.18 bits per heavy atom. The molecule has 4 atom stereocenters. The van der Waals surface area contributed by atoms with Crippen LogP contribution in [0.1, 0.15) is 37.3 Å². The van der Waals surface area contributed by atoms with Crippen LogP contribution in [-0.2, 0) is 10.8 Å². The lowest BCUT2D eigenvalue weighted by Crippen LogP contribution is -2.41. The number of allylic oxidation sites excluding steroid dienone is 2. The van der Waals surface area contributed by atoms with Gasteiger partial charge < -0.3 is 0 Å². The van der Waals surface area contributed by atoms with Crippen LogP contribution < -0.4 is 0 Å². The van der Waals surface area contributed by atoms with Gasteiger partial charge in [0.25, 0.3) is 0 Å². The first-order chi connectivity index (χ1) is 10.8. The Hall–Kier alpha value is -1.82. The molecule has 0 bridgehead atoms.